The average Bonchev–Trinajstić information content (AvgIpc) is 2.45. The fourth-order valence-electron chi connectivity index (χ4n) is 2.75. The Balaban J connectivity index is 1.89. The molecule has 4 heteroatoms. The third kappa shape index (κ3) is 3.64. The molecule has 110 valence electrons. The predicted molar refractivity (Wildman–Crippen MR) is 76.4 cm³/mol. The standard InChI is InChI=1S/C16H22FNO2/c1-16(20-2)9-5-10-18(12-16)11-8-15(19)13-6-3-4-7-14(13)17/h3-4,6-7H,5,8-12H2,1-2H3. The summed E-state index contributed by atoms with van der Waals surface area (Å²) in [6.45, 7) is 4.56. The molecule has 20 heavy (non-hydrogen) atoms. The molecule has 0 spiro atoms. The van der Waals surface area contributed by atoms with Crippen LogP contribution in [0.1, 0.15) is 36.5 Å². The van der Waals surface area contributed by atoms with Crippen molar-refractivity contribution in [2.75, 3.05) is 26.7 Å². The van der Waals surface area contributed by atoms with E-state index < -0.39 is 5.82 Å². The third-order valence-corrected chi connectivity index (χ3v) is 4.06. The molecule has 0 bridgehead atoms. The van der Waals surface area contributed by atoms with Gasteiger partial charge in [-0.05, 0) is 38.4 Å². The Kier molecular flexibility index (Phi) is 4.89. The smallest absolute Gasteiger partial charge is 0.167 e. The molecule has 1 saturated heterocycles. The van der Waals surface area contributed by atoms with Crippen LogP contribution in [0.15, 0.2) is 24.3 Å². The molecule has 1 aliphatic rings. The van der Waals surface area contributed by atoms with E-state index in [1.165, 1.54) is 6.07 Å². The Morgan fingerprint density at radius 1 is 1.45 bits per heavy atom. The number of carbonyl (C=O) groups is 1. The van der Waals surface area contributed by atoms with Gasteiger partial charge in [-0.1, -0.05) is 12.1 Å². The molecule has 0 N–H and O–H groups in total. The molecular formula is C16H22FNO2. The maximum atomic E-state index is 13.5. The third-order valence-electron chi connectivity index (χ3n) is 4.06. The van der Waals surface area contributed by atoms with E-state index in [0.29, 0.717) is 13.0 Å². The van der Waals surface area contributed by atoms with Crippen LogP contribution < -0.4 is 0 Å². The van der Waals surface area contributed by atoms with Crippen LogP contribution in [-0.2, 0) is 4.74 Å². The van der Waals surface area contributed by atoms with Crippen LogP contribution in [0, 0.1) is 5.82 Å². The Morgan fingerprint density at radius 3 is 2.90 bits per heavy atom. The Labute approximate surface area is 119 Å². The zero-order valence-corrected chi connectivity index (χ0v) is 12.2. The van der Waals surface area contributed by atoms with E-state index in [1.807, 2.05) is 0 Å². The summed E-state index contributed by atoms with van der Waals surface area (Å²) < 4.78 is 19.1. The van der Waals surface area contributed by atoms with Gasteiger partial charge in [-0.3, -0.25) is 4.79 Å². The molecule has 3 nitrogen and oxygen atoms in total. The van der Waals surface area contributed by atoms with Crippen molar-refractivity contribution in [3.05, 3.63) is 35.6 Å². The highest BCUT2D eigenvalue weighted by molar-refractivity contribution is 5.96. The van der Waals surface area contributed by atoms with Crippen molar-refractivity contribution in [3.63, 3.8) is 0 Å². The van der Waals surface area contributed by atoms with Crippen molar-refractivity contribution in [3.8, 4) is 0 Å². The molecule has 0 aliphatic carbocycles. The first-order valence-electron chi connectivity index (χ1n) is 7.09. The molecule has 0 amide bonds. The number of benzene rings is 1. The molecule has 1 aromatic rings. The second-order valence-corrected chi connectivity index (χ2v) is 5.69. The van der Waals surface area contributed by atoms with Crippen LogP contribution in [0.2, 0.25) is 0 Å². The summed E-state index contributed by atoms with van der Waals surface area (Å²) in [5.41, 5.74) is 0.0678. The number of ether oxygens (including phenoxy) is 1. The van der Waals surface area contributed by atoms with Crippen molar-refractivity contribution < 1.29 is 13.9 Å². The Hall–Kier alpha value is -1.26. The fourth-order valence-corrected chi connectivity index (χ4v) is 2.75. The second-order valence-electron chi connectivity index (χ2n) is 5.69. The lowest BCUT2D eigenvalue weighted by Gasteiger charge is -2.39. The van der Waals surface area contributed by atoms with Gasteiger partial charge in [0.2, 0.25) is 0 Å². The maximum Gasteiger partial charge on any atom is 0.167 e. The molecule has 1 fully saturated rings. The normalized spacial score (nSPS) is 23.8. The van der Waals surface area contributed by atoms with E-state index in [1.54, 1.807) is 25.3 Å². The lowest BCUT2D eigenvalue weighted by molar-refractivity contribution is -0.0503. The molecule has 1 heterocycles. The van der Waals surface area contributed by atoms with Crippen molar-refractivity contribution in [1.82, 2.24) is 4.90 Å². The van der Waals surface area contributed by atoms with E-state index in [9.17, 15) is 9.18 Å². The first-order chi connectivity index (χ1) is 9.54. The molecule has 1 aromatic carbocycles. The SMILES string of the molecule is COC1(C)CCCN(CCC(=O)c2ccccc2F)C1. The topological polar surface area (TPSA) is 29.5 Å². The summed E-state index contributed by atoms with van der Waals surface area (Å²) in [6.07, 6.45) is 2.46. The zero-order valence-electron chi connectivity index (χ0n) is 12.2. The molecule has 1 atom stereocenters. The lowest BCUT2D eigenvalue weighted by Crippen LogP contribution is -2.47. The van der Waals surface area contributed by atoms with Crippen LogP contribution >= 0.6 is 0 Å². The maximum absolute atomic E-state index is 13.5. The van der Waals surface area contributed by atoms with Gasteiger partial charge in [-0.25, -0.2) is 4.39 Å². The molecular weight excluding hydrogens is 257 g/mol. The molecule has 2 rings (SSSR count). The molecule has 1 unspecified atom stereocenters. The van der Waals surface area contributed by atoms with Gasteiger partial charge in [0, 0.05) is 26.6 Å². The summed E-state index contributed by atoms with van der Waals surface area (Å²) in [7, 11) is 1.73. The average molecular weight is 279 g/mol. The number of ketones is 1. The number of rotatable bonds is 5. The van der Waals surface area contributed by atoms with E-state index in [0.717, 1.165) is 25.9 Å². The van der Waals surface area contributed by atoms with Crippen LogP contribution in [-0.4, -0.2) is 43.0 Å². The number of nitrogens with zero attached hydrogens (tertiary/aromatic N) is 1. The van der Waals surface area contributed by atoms with Crippen molar-refractivity contribution in [2.45, 2.75) is 31.8 Å². The molecule has 0 radical (unpaired) electrons. The van der Waals surface area contributed by atoms with Gasteiger partial charge >= 0.3 is 0 Å². The van der Waals surface area contributed by atoms with E-state index in [4.69, 9.17) is 4.74 Å². The van der Waals surface area contributed by atoms with Gasteiger partial charge in [0.1, 0.15) is 5.82 Å². The number of hydrogen-bond acceptors (Lipinski definition) is 3. The predicted octanol–water partition coefficient (Wildman–Crippen LogP) is 2.90. The summed E-state index contributed by atoms with van der Waals surface area (Å²) in [5.74, 6) is -0.564. The first kappa shape index (κ1) is 15.1. The lowest BCUT2D eigenvalue weighted by atomic mass is 9.94. The second kappa shape index (κ2) is 6.46. The quantitative estimate of drug-likeness (QED) is 0.776. The highest BCUT2D eigenvalue weighted by atomic mass is 19.1. The Morgan fingerprint density at radius 2 is 2.20 bits per heavy atom. The van der Waals surface area contributed by atoms with Crippen LogP contribution in [0.25, 0.3) is 0 Å². The minimum absolute atomic E-state index is 0.126. The minimum atomic E-state index is -0.433. The van der Waals surface area contributed by atoms with Gasteiger partial charge in [-0.2, -0.15) is 0 Å². The highest BCUT2D eigenvalue weighted by Crippen LogP contribution is 2.24. The van der Waals surface area contributed by atoms with Crippen molar-refractivity contribution in [2.24, 2.45) is 0 Å². The molecule has 1 aliphatic heterocycles. The van der Waals surface area contributed by atoms with Crippen LogP contribution in [0.4, 0.5) is 4.39 Å². The number of carbonyl (C=O) groups excluding carboxylic acids is 1. The van der Waals surface area contributed by atoms with E-state index >= 15 is 0 Å². The highest BCUT2D eigenvalue weighted by Gasteiger charge is 2.30. The van der Waals surface area contributed by atoms with Crippen LogP contribution in [0.5, 0.6) is 0 Å². The van der Waals surface area contributed by atoms with E-state index in [2.05, 4.69) is 11.8 Å². The Bertz CT molecular complexity index is 477. The van der Waals surface area contributed by atoms with E-state index in [-0.39, 0.29) is 16.9 Å². The van der Waals surface area contributed by atoms with Gasteiger partial charge in [0.25, 0.3) is 0 Å². The largest absolute Gasteiger partial charge is 0.377 e. The number of hydrogen-bond donors (Lipinski definition) is 0. The minimum Gasteiger partial charge on any atom is -0.377 e. The number of piperidine rings is 1. The number of methoxy groups -OCH3 is 1. The zero-order chi connectivity index (χ0) is 14.6. The summed E-state index contributed by atoms with van der Waals surface area (Å²) >= 11 is 0. The summed E-state index contributed by atoms with van der Waals surface area (Å²) in [4.78, 5) is 14.3. The fraction of sp³-hybridized carbons (Fsp3) is 0.562. The molecule has 0 saturated carbocycles. The van der Waals surface area contributed by atoms with Gasteiger partial charge in [-0.15, -0.1) is 0 Å². The number of Topliss-reactive ketones (excluding diaryl/α,β-unsaturated/α-hetero) is 1. The first-order valence-corrected chi connectivity index (χ1v) is 7.09. The number of halogens is 1. The monoisotopic (exact) mass is 279 g/mol. The van der Waals surface area contributed by atoms with Gasteiger partial charge < -0.3 is 9.64 Å². The van der Waals surface area contributed by atoms with Gasteiger partial charge in [0.05, 0.1) is 11.2 Å². The van der Waals surface area contributed by atoms with Crippen LogP contribution in [0.3, 0.4) is 0 Å². The molecule has 0 aromatic heterocycles. The van der Waals surface area contributed by atoms with Gasteiger partial charge in [0.15, 0.2) is 5.78 Å². The number of likely N-dealkylation sites (tertiary alicyclic amines) is 1. The van der Waals surface area contributed by atoms with Crippen molar-refractivity contribution in [1.29, 1.82) is 0 Å². The summed E-state index contributed by atoms with van der Waals surface area (Å²) in [5, 5.41) is 0. The van der Waals surface area contributed by atoms with Crippen molar-refractivity contribution >= 4 is 5.78 Å². The summed E-state index contributed by atoms with van der Waals surface area (Å²) in [6, 6.07) is 6.17.